The summed E-state index contributed by atoms with van der Waals surface area (Å²) in [5.74, 6) is 0. The topological polar surface area (TPSA) is 21.3 Å². The number of hydrogen-bond donors (Lipinski definition) is 1. The lowest BCUT2D eigenvalue weighted by atomic mass is 10.2. The normalized spacial score (nSPS) is 14.2. The highest BCUT2D eigenvalue weighted by atomic mass is 19.4. The lowest BCUT2D eigenvalue weighted by Gasteiger charge is -2.15. The Hall–Kier alpha value is -0.550. The zero-order chi connectivity index (χ0) is 10.3. The van der Waals surface area contributed by atoms with E-state index in [1.807, 2.05) is 0 Å². The number of ether oxygens (including phenoxy) is 1. The van der Waals surface area contributed by atoms with Crippen LogP contribution in [0.4, 0.5) is 13.2 Å². The highest BCUT2D eigenvalue weighted by molar-refractivity contribution is 4.76. The zero-order valence-electron chi connectivity index (χ0n) is 7.53. The van der Waals surface area contributed by atoms with Crippen molar-refractivity contribution in [1.29, 1.82) is 0 Å². The van der Waals surface area contributed by atoms with E-state index in [1.54, 1.807) is 13.1 Å². The predicted octanol–water partition coefficient (Wildman–Crippen LogP) is 1.73. The van der Waals surface area contributed by atoms with Crippen LogP contribution in [0.15, 0.2) is 12.7 Å². The van der Waals surface area contributed by atoms with E-state index >= 15 is 0 Å². The molecule has 0 bridgehead atoms. The van der Waals surface area contributed by atoms with Gasteiger partial charge >= 0.3 is 6.18 Å². The number of hydrogen-bond acceptors (Lipinski definition) is 2. The number of halogens is 3. The van der Waals surface area contributed by atoms with Crippen LogP contribution in [0.2, 0.25) is 0 Å². The van der Waals surface area contributed by atoms with E-state index in [-0.39, 0.29) is 12.6 Å². The maximum Gasteiger partial charge on any atom is 0.411 e. The van der Waals surface area contributed by atoms with Gasteiger partial charge in [-0.1, -0.05) is 6.08 Å². The Labute approximate surface area is 75.8 Å². The summed E-state index contributed by atoms with van der Waals surface area (Å²) in [6, 6.07) is -0.0974. The summed E-state index contributed by atoms with van der Waals surface area (Å²) < 4.78 is 39.4. The van der Waals surface area contributed by atoms with Gasteiger partial charge in [-0.3, -0.25) is 0 Å². The third-order valence-electron chi connectivity index (χ3n) is 1.44. The van der Waals surface area contributed by atoms with Crippen molar-refractivity contribution >= 4 is 0 Å². The smallest absolute Gasteiger partial charge is 0.370 e. The quantitative estimate of drug-likeness (QED) is 0.655. The van der Waals surface area contributed by atoms with Crippen molar-refractivity contribution in [1.82, 2.24) is 5.32 Å². The molecule has 1 unspecified atom stereocenters. The molecule has 0 radical (unpaired) electrons. The summed E-state index contributed by atoms with van der Waals surface area (Å²) >= 11 is 0. The molecule has 0 aromatic rings. The molecule has 0 aliphatic heterocycles. The summed E-state index contributed by atoms with van der Waals surface area (Å²) in [7, 11) is 1.67. The van der Waals surface area contributed by atoms with Crippen molar-refractivity contribution in [2.75, 3.05) is 20.3 Å². The number of likely N-dealkylation sites (N-methyl/N-ethyl adjacent to an activating group) is 1. The van der Waals surface area contributed by atoms with Crippen LogP contribution in [-0.4, -0.2) is 32.5 Å². The molecule has 0 amide bonds. The molecule has 13 heavy (non-hydrogen) atoms. The fourth-order valence-electron chi connectivity index (χ4n) is 0.787. The standard InChI is InChI=1S/C8H14F3NO/c1-3-4-7(12-2)5-13-6-8(9,10)11/h3,7,12H,1,4-6H2,2H3. The number of rotatable bonds is 6. The molecule has 0 rings (SSSR count). The Morgan fingerprint density at radius 1 is 1.54 bits per heavy atom. The minimum Gasteiger partial charge on any atom is -0.370 e. The van der Waals surface area contributed by atoms with E-state index in [9.17, 15) is 13.2 Å². The van der Waals surface area contributed by atoms with E-state index in [0.29, 0.717) is 6.42 Å². The van der Waals surface area contributed by atoms with Crippen molar-refractivity contribution in [3.63, 3.8) is 0 Å². The zero-order valence-corrected chi connectivity index (χ0v) is 7.53. The van der Waals surface area contributed by atoms with Crippen molar-refractivity contribution in [3.8, 4) is 0 Å². The highest BCUT2D eigenvalue weighted by Crippen LogP contribution is 2.14. The largest absolute Gasteiger partial charge is 0.411 e. The van der Waals surface area contributed by atoms with E-state index in [2.05, 4.69) is 16.6 Å². The summed E-state index contributed by atoms with van der Waals surface area (Å²) in [5, 5.41) is 2.83. The Bertz CT molecular complexity index is 147. The van der Waals surface area contributed by atoms with Crippen LogP contribution >= 0.6 is 0 Å². The Kier molecular flexibility index (Phi) is 5.73. The molecule has 0 aliphatic rings. The Morgan fingerprint density at radius 2 is 2.15 bits per heavy atom. The summed E-state index contributed by atoms with van der Waals surface area (Å²) in [6.07, 6.45) is -2.01. The second kappa shape index (κ2) is 5.99. The number of alkyl halides is 3. The molecule has 2 nitrogen and oxygen atoms in total. The summed E-state index contributed by atoms with van der Waals surface area (Å²) in [5.41, 5.74) is 0. The fourth-order valence-corrected chi connectivity index (χ4v) is 0.787. The average molecular weight is 197 g/mol. The summed E-state index contributed by atoms with van der Waals surface area (Å²) in [4.78, 5) is 0. The van der Waals surface area contributed by atoms with E-state index in [4.69, 9.17) is 0 Å². The average Bonchev–Trinajstić information content (AvgIpc) is 2.01. The molecule has 0 heterocycles. The maximum absolute atomic E-state index is 11.6. The molecular formula is C8H14F3NO. The minimum absolute atomic E-state index is 0.0437. The third-order valence-corrected chi connectivity index (χ3v) is 1.44. The summed E-state index contributed by atoms with van der Waals surface area (Å²) in [6.45, 7) is 2.34. The van der Waals surface area contributed by atoms with Crippen molar-refractivity contribution in [3.05, 3.63) is 12.7 Å². The van der Waals surface area contributed by atoms with Crippen LogP contribution in [0, 0.1) is 0 Å². The van der Waals surface area contributed by atoms with Gasteiger partial charge in [0.2, 0.25) is 0 Å². The molecule has 0 saturated carbocycles. The van der Waals surface area contributed by atoms with Gasteiger partial charge in [-0.15, -0.1) is 6.58 Å². The first-order chi connectivity index (χ1) is 5.99. The van der Waals surface area contributed by atoms with Crippen LogP contribution in [0.1, 0.15) is 6.42 Å². The van der Waals surface area contributed by atoms with E-state index in [1.165, 1.54) is 0 Å². The van der Waals surface area contributed by atoms with Crippen LogP contribution in [0.5, 0.6) is 0 Å². The number of nitrogens with one attached hydrogen (secondary N) is 1. The molecule has 0 aromatic heterocycles. The molecule has 0 saturated heterocycles. The second-order valence-corrected chi connectivity index (χ2v) is 2.64. The first-order valence-corrected chi connectivity index (χ1v) is 3.92. The van der Waals surface area contributed by atoms with Gasteiger partial charge in [0.1, 0.15) is 6.61 Å². The maximum atomic E-state index is 11.6. The lowest BCUT2D eigenvalue weighted by Crippen LogP contribution is -2.31. The first kappa shape index (κ1) is 12.4. The molecule has 78 valence electrons. The van der Waals surface area contributed by atoms with Gasteiger partial charge < -0.3 is 10.1 Å². The molecule has 5 heteroatoms. The predicted molar refractivity (Wildman–Crippen MR) is 44.5 cm³/mol. The second-order valence-electron chi connectivity index (χ2n) is 2.64. The van der Waals surface area contributed by atoms with Gasteiger partial charge in [0.25, 0.3) is 0 Å². The van der Waals surface area contributed by atoms with E-state index < -0.39 is 12.8 Å². The molecular weight excluding hydrogens is 183 g/mol. The SMILES string of the molecule is C=CCC(COCC(F)(F)F)NC. The van der Waals surface area contributed by atoms with Gasteiger partial charge in [-0.05, 0) is 13.5 Å². The van der Waals surface area contributed by atoms with Crippen molar-refractivity contribution in [2.45, 2.75) is 18.6 Å². The van der Waals surface area contributed by atoms with Crippen LogP contribution in [-0.2, 0) is 4.74 Å². The van der Waals surface area contributed by atoms with Crippen molar-refractivity contribution in [2.24, 2.45) is 0 Å². The van der Waals surface area contributed by atoms with E-state index in [0.717, 1.165) is 0 Å². The van der Waals surface area contributed by atoms with Gasteiger partial charge in [-0.2, -0.15) is 13.2 Å². The van der Waals surface area contributed by atoms with Crippen LogP contribution < -0.4 is 5.32 Å². The van der Waals surface area contributed by atoms with Gasteiger partial charge in [0.05, 0.1) is 6.61 Å². The molecule has 1 atom stereocenters. The minimum atomic E-state index is -4.24. The monoisotopic (exact) mass is 197 g/mol. The van der Waals surface area contributed by atoms with Gasteiger partial charge in [0, 0.05) is 6.04 Å². The fraction of sp³-hybridized carbons (Fsp3) is 0.750. The molecule has 0 fully saturated rings. The molecule has 0 aromatic carbocycles. The van der Waals surface area contributed by atoms with Crippen LogP contribution in [0.25, 0.3) is 0 Å². The molecule has 0 spiro atoms. The third kappa shape index (κ3) is 7.80. The lowest BCUT2D eigenvalue weighted by molar-refractivity contribution is -0.175. The van der Waals surface area contributed by atoms with Crippen LogP contribution in [0.3, 0.4) is 0 Å². The molecule has 1 N–H and O–H groups in total. The Morgan fingerprint density at radius 3 is 2.54 bits per heavy atom. The Balaban J connectivity index is 3.54. The first-order valence-electron chi connectivity index (χ1n) is 3.92. The van der Waals surface area contributed by atoms with Crippen molar-refractivity contribution < 1.29 is 17.9 Å². The molecule has 0 aliphatic carbocycles. The highest BCUT2D eigenvalue weighted by Gasteiger charge is 2.27. The van der Waals surface area contributed by atoms with Gasteiger partial charge in [-0.25, -0.2) is 0 Å². The van der Waals surface area contributed by atoms with Gasteiger partial charge in [0.15, 0.2) is 0 Å².